The Kier molecular flexibility index (Phi) is 4.56. The van der Waals surface area contributed by atoms with E-state index in [1.165, 1.54) is 23.3 Å². The minimum absolute atomic E-state index is 0.0248. The van der Waals surface area contributed by atoms with E-state index in [0.29, 0.717) is 6.54 Å². The molecular formula is C14H17N3O3S3. The number of rotatable bonds is 4. The van der Waals surface area contributed by atoms with Crippen molar-refractivity contribution in [3.63, 3.8) is 0 Å². The third-order valence-corrected chi connectivity index (χ3v) is 7.31. The van der Waals surface area contributed by atoms with E-state index in [1.54, 1.807) is 18.2 Å². The molecule has 6 nitrogen and oxygen atoms in total. The molecule has 0 bridgehead atoms. The second-order valence-electron chi connectivity index (χ2n) is 5.13. The van der Waals surface area contributed by atoms with Gasteiger partial charge in [0, 0.05) is 12.2 Å². The number of thiophene rings is 1. The number of hydrogen-bond acceptors (Lipinski definition) is 7. The van der Waals surface area contributed by atoms with Gasteiger partial charge in [0.25, 0.3) is 0 Å². The molecule has 1 aromatic carbocycles. The second kappa shape index (κ2) is 6.33. The molecule has 2 aromatic rings. The van der Waals surface area contributed by atoms with Crippen molar-refractivity contribution in [3.05, 3.63) is 35.9 Å². The highest BCUT2D eigenvalue weighted by molar-refractivity contribution is 8.03. The summed E-state index contributed by atoms with van der Waals surface area (Å²) in [5, 5.41) is 18.1. The van der Waals surface area contributed by atoms with Crippen molar-refractivity contribution in [1.82, 2.24) is 5.32 Å². The third-order valence-electron chi connectivity index (χ3n) is 3.49. The summed E-state index contributed by atoms with van der Waals surface area (Å²) in [6.07, 6.45) is 0. The number of benzene rings is 1. The standard InChI is InChI=1S/C14H17N3O3S3/c1-2-16-12-8-17(9-3-5-10(18)6-4-9)22-14-11(12)7-13(21-14)23(15,19)20/h3-7,12,16,18H,2,8H2,1H3,(H2,15,19,20)/t12-/m0/s1. The van der Waals surface area contributed by atoms with Gasteiger partial charge in [-0.15, -0.1) is 11.3 Å². The highest BCUT2D eigenvalue weighted by Crippen LogP contribution is 2.45. The molecule has 0 saturated carbocycles. The smallest absolute Gasteiger partial charge is 0.247 e. The first kappa shape index (κ1) is 16.6. The van der Waals surface area contributed by atoms with Crippen molar-refractivity contribution in [3.8, 4) is 5.75 Å². The topological polar surface area (TPSA) is 95.7 Å². The Labute approximate surface area is 143 Å². The van der Waals surface area contributed by atoms with Crippen LogP contribution in [0.15, 0.2) is 38.8 Å². The van der Waals surface area contributed by atoms with E-state index in [1.807, 2.05) is 19.1 Å². The maximum atomic E-state index is 11.6. The van der Waals surface area contributed by atoms with Gasteiger partial charge in [-0.25, -0.2) is 13.6 Å². The Bertz CT molecular complexity index is 802. The van der Waals surface area contributed by atoms with Crippen LogP contribution in [0.3, 0.4) is 0 Å². The fourth-order valence-corrected chi connectivity index (χ4v) is 5.92. The zero-order valence-electron chi connectivity index (χ0n) is 12.4. The normalized spacial score (nSPS) is 18.0. The minimum atomic E-state index is -3.70. The molecule has 2 heterocycles. The number of primary sulfonamides is 1. The Hall–Kier alpha value is -1.26. The van der Waals surface area contributed by atoms with Gasteiger partial charge < -0.3 is 14.7 Å². The molecule has 23 heavy (non-hydrogen) atoms. The number of phenols is 1. The maximum Gasteiger partial charge on any atom is 0.247 e. The van der Waals surface area contributed by atoms with Crippen LogP contribution in [0.2, 0.25) is 0 Å². The predicted octanol–water partition coefficient (Wildman–Crippen LogP) is 2.28. The van der Waals surface area contributed by atoms with Gasteiger partial charge >= 0.3 is 0 Å². The molecule has 0 spiro atoms. The van der Waals surface area contributed by atoms with Crippen LogP contribution in [0, 0.1) is 0 Å². The third kappa shape index (κ3) is 3.48. The summed E-state index contributed by atoms with van der Waals surface area (Å²) >= 11 is 2.69. The quantitative estimate of drug-likeness (QED) is 0.714. The molecule has 0 fully saturated rings. The van der Waals surface area contributed by atoms with Crippen LogP contribution in [0.1, 0.15) is 18.5 Å². The highest BCUT2D eigenvalue weighted by atomic mass is 32.3. The fourth-order valence-electron chi connectivity index (χ4n) is 2.42. The van der Waals surface area contributed by atoms with E-state index in [4.69, 9.17) is 5.14 Å². The van der Waals surface area contributed by atoms with Gasteiger partial charge in [0.1, 0.15) is 9.96 Å². The monoisotopic (exact) mass is 371 g/mol. The average Bonchev–Trinajstić information content (AvgIpc) is 2.92. The first-order valence-electron chi connectivity index (χ1n) is 7.03. The number of nitrogens with two attached hydrogens (primary N) is 1. The molecule has 9 heteroatoms. The maximum absolute atomic E-state index is 11.6. The summed E-state index contributed by atoms with van der Waals surface area (Å²) < 4.78 is 26.4. The summed E-state index contributed by atoms with van der Waals surface area (Å²) in [4.78, 5) is 0. The van der Waals surface area contributed by atoms with Crippen LogP contribution in [0.25, 0.3) is 0 Å². The number of fused-ring (bicyclic) bond motifs is 1. The van der Waals surface area contributed by atoms with E-state index in [9.17, 15) is 13.5 Å². The number of sulfonamides is 1. The van der Waals surface area contributed by atoms with Gasteiger partial charge in [-0.05, 0) is 54.4 Å². The van der Waals surface area contributed by atoms with Crippen molar-refractivity contribution in [2.24, 2.45) is 5.14 Å². The van der Waals surface area contributed by atoms with Gasteiger partial charge in [-0.3, -0.25) is 0 Å². The molecule has 1 aliphatic heterocycles. The lowest BCUT2D eigenvalue weighted by atomic mass is 10.1. The number of nitrogens with zero attached hydrogens (tertiary/aromatic N) is 1. The van der Waals surface area contributed by atoms with Crippen molar-refractivity contribution >= 4 is 39.0 Å². The molecule has 0 amide bonds. The SMILES string of the molecule is CCN[C@H]1CN(c2ccc(O)cc2)Sc2sc(S(N)(=O)=O)cc21. The fraction of sp³-hybridized carbons (Fsp3) is 0.286. The van der Waals surface area contributed by atoms with E-state index in [-0.39, 0.29) is 16.0 Å². The molecule has 1 aliphatic rings. The lowest BCUT2D eigenvalue weighted by Gasteiger charge is -2.33. The predicted molar refractivity (Wildman–Crippen MR) is 93.4 cm³/mol. The summed E-state index contributed by atoms with van der Waals surface area (Å²) in [6.45, 7) is 3.48. The number of aromatic hydroxyl groups is 1. The van der Waals surface area contributed by atoms with E-state index >= 15 is 0 Å². The summed E-state index contributed by atoms with van der Waals surface area (Å²) in [5.74, 6) is 0.215. The van der Waals surface area contributed by atoms with E-state index < -0.39 is 10.0 Å². The number of anilines is 1. The Morgan fingerprint density at radius 2 is 2.09 bits per heavy atom. The summed E-state index contributed by atoms with van der Waals surface area (Å²) in [6, 6.07) is 8.64. The Morgan fingerprint density at radius 3 is 2.70 bits per heavy atom. The minimum Gasteiger partial charge on any atom is -0.508 e. The second-order valence-corrected chi connectivity index (χ2v) is 9.26. The number of likely N-dealkylation sites (N-methyl/N-ethyl adjacent to an activating group) is 1. The Morgan fingerprint density at radius 1 is 1.39 bits per heavy atom. The first-order chi connectivity index (χ1) is 10.9. The van der Waals surface area contributed by atoms with Crippen molar-refractivity contribution in [2.75, 3.05) is 17.4 Å². The number of nitrogens with one attached hydrogen (secondary N) is 1. The van der Waals surface area contributed by atoms with Crippen LogP contribution >= 0.6 is 23.3 Å². The number of hydrogen-bond donors (Lipinski definition) is 3. The van der Waals surface area contributed by atoms with E-state index in [2.05, 4.69) is 9.62 Å². The molecule has 3 rings (SSSR count). The Balaban J connectivity index is 1.97. The molecule has 4 N–H and O–H groups in total. The molecule has 1 atom stereocenters. The van der Waals surface area contributed by atoms with Crippen LogP contribution in [-0.4, -0.2) is 26.6 Å². The molecule has 0 saturated heterocycles. The van der Waals surface area contributed by atoms with Crippen LogP contribution in [-0.2, 0) is 10.0 Å². The average molecular weight is 372 g/mol. The molecule has 0 unspecified atom stereocenters. The van der Waals surface area contributed by atoms with Crippen molar-refractivity contribution < 1.29 is 13.5 Å². The van der Waals surface area contributed by atoms with Crippen LogP contribution in [0.4, 0.5) is 5.69 Å². The van der Waals surface area contributed by atoms with Gasteiger partial charge in [-0.1, -0.05) is 6.92 Å². The number of phenolic OH excluding ortho intramolecular Hbond substituents is 1. The summed E-state index contributed by atoms with van der Waals surface area (Å²) in [5.41, 5.74) is 1.92. The van der Waals surface area contributed by atoms with Crippen LogP contribution in [0.5, 0.6) is 5.75 Å². The summed E-state index contributed by atoms with van der Waals surface area (Å²) in [7, 11) is -3.70. The van der Waals surface area contributed by atoms with Crippen LogP contribution < -0.4 is 14.8 Å². The van der Waals surface area contributed by atoms with Gasteiger partial charge in [-0.2, -0.15) is 0 Å². The molecule has 0 aliphatic carbocycles. The van der Waals surface area contributed by atoms with Gasteiger partial charge in [0.05, 0.1) is 10.3 Å². The molecule has 1 aromatic heterocycles. The van der Waals surface area contributed by atoms with E-state index in [0.717, 1.165) is 22.0 Å². The van der Waals surface area contributed by atoms with Gasteiger partial charge in [0.15, 0.2) is 0 Å². The zero-order valence-corrected chi connectivity index (χ0v) is 14.8. The first-order valence-corrected chi connectivity index (χ1v) is 10.2. The molecule has 0 radical (unpaired) electrons. The van der Waals surface area contributed by atoms with Crippen molar-refractivity contribution in [1.29, 1.82) is 0 Å². The lowest BCUT2D eigenvalue weighted by Crippen LogP contribution is -2.34. The lowest BCUT2D eigenvalue weighted by molar-refractivity contribution is 0.475. The molecule has 124 valence electrons. The van der Waals surface area contributed by atoms with Gasteiger partial charge in [0.2, 0.25) is 10.0 Å². The molecular weight excluding hydrogens is 354 g/mol. The highest BCUT2D eigenvalue weighted by Gasteiger charge is 2.30. The largest absolute Gasteiger partial charge is 0.508 e. The van der Waals surface area contributed by atoms with Crippen molar-refractivity contribution in [2.45, 2.75) is 21.4 Å². The zero-order chi connectivity index (χ0) is 16.6.